The van der Waals surface area contributed by atoms with Crippen molar-refractivity contribution in [1.82, 2.24) is 9.13 Å². The van der Waals surface area contributed by atoms with E-state index in [-0.39, 0.29) is 24.0 Å². The molecular weight excluding hydrogens is 246 g/mol. The average Bonchev–Trinajstić information content (AvgIpc) is 2.71. The minimum absolute atomic E-state index is 0.0340. The van der Waals surface area contributed by atoms with E-state index in [9.17, 15) is 14.9 Å². The number of nitro benzene ring substituents is 1. The predicted molar refractivity (Wildman–Crippen MR) is 71.3 cm³/mol. The first-order chi connectivity index (χ1) is 9.00. The Morgan fingerprint density at radius 1 is 1.26 bits per heavy atom. The first kappa shape index (κ1) is 13.1. The minimum Gasteiger partial charge on any atom is -0.297 e. The second kappa shape index (κ2) is 5.09. The van der Waals surface area contributed by atoms with Crippen LogP contribution in [0.3, 0.4) is 0 Å². The third kappa shape index (κ3) is 2.57. The first-order valence-electron chi connectivity index (χ1n) is 6.00. The van der Waals surface area contributed by atoms with Gasteiger partial charge in [-0.05, 0) is 13.8 Å². The van der Waals surface area contributed by atoms with Crippen molar-refractivity contribution in [1.29, 1.82) is 0 Å². The molecule has 0 N–H and O–H groups in total. The highest BCUT2D eigenvalue weighted by Gasteiger charge is 2.14. The summed E-state index contributed by atoms with van der Waals surface area (Å²) in [7, 11) is 0. The lowest BCUT2D eigenvalue weighted by atomic mass is 10.2. The largest absolute Gasteiger partial charge is 0.328 e. The van der Waals surface area contributed by atoms with Gasteiger partial charge in [-0.15, -0.1) is 0 Å². The maximum Gasteiger partial charge on any atom is 0.328 e. The third-order valence-corrected chi connectivity index (χ3v) is 2.96. The molecule has 0 atom stereocenters. The van der Waals surface area contributed by atoms with Crippen LogP contribution in [0.2, 0.25) is 0 Å². The summed E-state index contributed by atoms with van der Waals surface area (Å²) < 4.78 is 3.07. The number of hydrogen-bond donors (Lipinski definition) is 0. The molecule has 0 bridgehead atoms. The maximum absolute atomic E-state index is 12.1. The summed E-state index contributed by atoms with van der Waals surface area (Å²) in [6.45, 7) is 4.03. The Balaban J connectivity index is 2.37. The van der Waals surface area contributed by atoms with Crippen LogP contribution in [0.4, 0.5) is 5.69 Å². The molecule has 2 rings (SSSR count). The highest BCUT2D eigenvalue weighted by atomic mass is 16.6. The summed E-state index contributed by atoms with van der Waals surface area (Å²) in [5.41, 5.74) is 0.399. The van der Waals surface area contributed by atoms with E-state index in [0.717, 1.165) is 0 Å². The number of imidazole rings is 1. The lowest BCUT2D eigenvalue weighted by Crippen LogP contribution is -2.25. The lowest BCUT2D eigenvalue weighted by Gasteiger charge is -2.05. The topological polar surface area (TPSA) is 70.1 Å². The fourth-order valence-corrected chi connectivity index (χ4v) is 1.95. The second-order valence-corrected chi connectivity index (χ2v) is 4.60. The van der Waals surface area contributed by atoms with Crippen LogP contribution in [-0.2, 0) is 6.54 Å². The molecule has 2 aromatic rings. The molecule has 1 aromatic carbocycles. The van der Waals surface area contributed by atoms with Crippen molar-refractivity contribution >= 4 is 5.69 Å². The standard InChI is InChI=1S/C13H15N3O3/c1-10(2)15-8-7-14(13(15)17)9-11-5-3-4-6-12(11)16(18)19/h3-8,10H,9H2,1-2H3. The van der Waals surface area contributed by atoms with E-state index in [4.69, 9.17) is 0 Å². The van der Waals surface area contributed by atoms with Crippen LogP contribution in [0.1, 0.15) is 25.5 Å². The molecule has 0 fully saturated rings. The van der Waals surface area contributed by atoms with Gasteiger partial charge in [0.25, 0.3) is 5.69 Å². The molecule has 0 radical (unpaired) electrons. The van der Waals surface area contributed by atoms with E-state index in [0.29, 0.717) is 5.56 Å². The fraction of sp³-hybridized carbons (Fsp3) is 0.308. The Bertz CT molecular complexity index is 655. The van der Waals surface area contributed by atoms with Gasteiger partial charge in [0.05, 0.1) is 11.5 Å². The van der Waals surface area contributed by atoms with Crippen molar-refractivity contribution in [3.05, 3.63) is 62.8 Å². The van der Waals surface area contributed by atoms with Gasteiger partial charge in [-0.25, -0.2) is 4.79 Å². The van der Waals surface area contributed by atoms with Gasteiger partial charge in [-0.1, -0.05) is 18.2 Å². The Kier molecular flexibility index (Phi) is 3.50. The molecule has 100 valence electrons. The maximum atomic E-state index is 12.1. The fourth-order valence-electron chi connectivity index (χ4n) is 1.95. The van der Waals surface area contributed by atoms with Crippen molar-refractivity contribution in [2.24, 2.45) is 0 Å². The SMILES string of the molecule is CC(C)n1ccn(Cc2ccccc2[N+](=O)[O-])c1=O. The summed E-state index contributed by atoms with van der Waals surface area (Å²) in [6.07, 6.45) is 3.35. The lowest BCUT2D eigenvalue weighted by molar-refractivity contribution is -0.385. The molecular formula is C13H15N3O3. The van der Waals surface area contributed by atoms with Gasteiger partial charge in [-0.2, -0.15) is 0 Å². The average molecular weight is 261 g/mol. The zero-order valence-electron chi connectivity index (χ0n) is 10.8. The zero-order valence-corrected chi connectivity index (χ0v) is 10.8. The molecule has 0 aliphatic heterocycles. The number of hydrogen-bond acceptors (Lipinski definition) is 3. The normalized spacial score (nSPS) is 10.9. The number of rotatable bonds is 4. The van der Waals surface area contributed by atoms with Crippen molar-refractivity contribution < 1.29 is 4.92 Å². The van der Waals surface area contributed by atoms with Crippen molar-refractivity contribution in [2.45, 2.75) is 26.4 Å². The molecule has 0 saturated carbocycles. The molecule has 1 heterocycles. The first-order valence-corrected chi connectivity index (χ1v) is 6.00. The molecule has 0 unspecified atom stereocenters. The molecule has 0 amide bonds. The van der Waals surface area contributed by atoms with E-state index in [1.54, 1.807) is 35.2 Å². The Morgan fingerprint density at radius 3 is 2.53 bits per heavy atom. The molecule has 0 aliphatic carbocycles. The van der Waals surface area contributed by atoms with Crippen LogP contribution in [0.15, 0.2) is 41.5 Å². The quantitative estimate of drug-likeness (QED) is 0.625. The molecule has 1 aromatic heterocycles. The van der Waals surface area contributed by atoms with Crippen LogP contribution < -0.4 is 5.69 Å². The minimum atomic E-state index is -0.431. The summed E-state index contributed by atoms with van der Waals surface area (Å²) in [5, 5.41) is 10.9. The van der Waals surface area contributed by atoms with E-state index in [2.05, 4.69) is 0 Å². The summed E-state index contributed by atoms with van der Waals surface area (Å²) in [6, 6.07) is 6.52. The van der Waals surface area contributed by atoms with Gasteiger partial charge in [0.2, 0.25) is 0 Å². The third-order valence-electron chi connectivity index (χ3n) is 2.96. The Morgan fingerprint density at radius 2 is 1.95 bits per heavy atom. The van der Waals surface area contributed by atoms with Crippen LogP contribution in [0, 0.1) is 10.1 Å². The molecule has 19 heavy (non-hydrogen) atoms. The van der Waals surface area contributed by atoms with Crippen LogP contribution in [-0.4, -0.2) is 14.1 Å². The van der Waals surface area contributed by atoms with Crippen molar-refractivity contribution in [3.8, 4) is 0 Å². The smallest absolute Gasteiger partial charge is 0.297 e. The number of nitro groups is 1. The van der Waals surface area contributed by atoms with Gasteiger partial charge in [0.15, 0.2) is 0 Å². The van der Waals surface area contributed by atoms with Crippen LogP contribution >= 0.6 is 0 Å². The van der Waals surface area contributed by atoms with Crippen molar-refractivity contribution in [3.63, 3.8) is 0 Å². The molecule has 6 nitrogen and oxygen atoms in total. The molecule has 0 saturated heterocycles. The summed E-state index contributed by atoms with van der Waals surface area (Å²) in [5.74, 6) is 0. The van der Waals surface area contributed by atoms with Gasteiger partial charge in [-0.3, -0.25) is 19.2 Å². The number of benzene rings is 1. The van der Waals surface area contributed by atoms with Gasteiger partial charge < -0.3 is 0 Å². The van der Waals surface area contributed by atoms with Crippen molar-refractivity contribution in [2.75, 3.05) is 0 Å². The van der Waals surface area contributed by atoms with Gasteiger partial charge in [0, 0.05) is 30.1 Å². The molecule has 6 heteroatoms. The van der Waals surface area contributed by atoms with E-state index < -0.39 is 4.92 Å². The zero-order chi connectivity index (χ0) is 14.0. The van der Waals surface area contributed by atoms with E-state index in [1.807, 2.05) is 13.8 Å². The number of para-hydroxylation sites is 1. The van der Waals surface area contributed by atoms with Crippen LogP contribution in [0.25, 0.3) is 0 Å². The highest BCUT2D eigenvalue weighted by molar-refractivity contribution is 5.39. The van der Waals surface area contributed by atoms with Gasteiger partial charge >= 0.3 is 5.69 Å². The number of aromatic nitrogens is 2. The van der Waals surface area contributed by atoms with Gasteiger partial charge in [0.1, 0.15) is 0 Å². The number of nitrogens with zero attached hydrogens (tertiary/aromatic N) is 3. The second-order valence-electron chi connectivity index (χ2n) is 4.60. The predicted octanol–water partition coefficient (Wildman–Crippen LogP) is 2.19. The summed E-state index contributed by atoms with van der Waals surface area (Å²) in [4.78, 5) is 22.5. The Hall–Kier alpha value is -2.37. The van der Waals surface area contributed by atoms with E-state index >= 15 is 0 Å². The monoisotopic (exact) mass is 261 g/mol. The van der Waals surface area contributed by atoms with E-state index in [1.165, 1.54) is 10.6 Å². The highest BCUT2D eigenvalue weighted by Crippen LogP contribution is 2.18. The summed E-state index contributed by atoms with van der Waals surface area (Å²) >= 11 is 0. The Labute approximate surface area is 110 Å². The molecule has 0 aliphatic rings. The molecule has 0 spiro atoms. The van der Waals surface area contributed by atoms with Crippen LogP contribution in [0.5, 0.6) is 0 Å².